The van der Waals surface area contributed by atoms with Gasteiger partial charge in [-0.05, 0) is 57.4 Å². The Balaban J connectivity index is 1.76. The van der Waals surface area contributed by atoms with Gasteiger partial charge in [0.15, 0.2) is 0 Å². The second-order valence-electron chi connectivity index (χ2n) is 7.74. The fraction of sp³-hybridized carbons (Fsp3) is 0.889. The van der Waals surface area contributed by atoms with Crippen molar-refractivity contribution >= 4 is 11.8 Å². The number of ether oxygens (including phenoxy) is 1. The fourth-order valence-corrected chi connectivity index (χ4v) is 4.93. The van der Waals surface area contributed by atoms with Gasteiger partial charge in [-0.1, -0.05) is 6.92 Å². The lowest BCUT2D eigenvalue weighted by atomic mass is 9.75. The highest BCUT2D eigenvalue weighted by Gasteiger charge is 2.53. The van der Waals surface area contributed by atoms with Gasteiger partial charge in [-0.3, -0.25) is 14.5 Å². The van der Waals surface area contributed by atoms with Crippen LogP contribution in [-0.2, 0) is 14.3 Å². The Morgan fingerprint density at radius 2 is 1.83 bits per heavy atom. The normalized spacial score (nSPS) is 41.3. The van der Waals surface area contributed by atoms with Crippen LogP contribution in [0.2, 0.25) is 0 Å². The number of hydrogen-bond acceptors (Lipinski definition) is 4. The van der Waals surface area contributed by atoms with Crippen molar-refractivity contribution in [3.63, 3.8) is 0 Å². The Labute approximate surface area is 139 Å². The summed E-state index contributed by atoms with van der Waals surface area (Å²) in [6, 6.07) is 0.494. The van der Waals surface area contributed by atoms with Crippen molar-refractivity contribution in [3.05, 3.63) is 0 Å². The largest absolute Gasteiger partial charge is 0.384 e. The molecule has 6 atom stereocenters. The van der Waals surface area contributed by atoms with Crippen molar-refractivity contribution in [1.82, 2.24) is 10.2 Å². The number of methoxy groups -OCH3 is 1. The fourth-order valence-electron chi connectivity index (χ4n) is 4.93. The van der Waals surface area contributed by atoms with Crippen molar-refractivity contribution in [3.8, 4) is 0 Å². The maximum atomic E-state index is 13.0. The van der Waals surface area contributed by atoms with Crippen molar-refractivity contribution in [2.24, 2.45) is 23.7 Å². The molecule has 0 bridgehead atoms. The predicted octanol–water partition coefficient (Wildman–Crippen LogP) is 1.81. The van der Waals surface area contributed by atoms with Gasteiger partial charge in [-0.15, -0.1) is 0 Å². The lowest BCUT2D eigenvalue weighted by molar-refractivity contribution is -0.145. The van der Waals surface area contributed by atoms with E-state index < -0.39 is 0 Å². The van der Waals surface area contributed by atoms with E-state index in [0.29, 0.717) is 24.5 Å². The van der Waals surface area contributed by atoms with Gasteiger partial charge in [-0.2, -0.15) is 0 Å². The Kier molecular flexibility index (Phi) is 5.07. The maximum absolute atomic E-state index is 13.0. The average molecular weight is 322 g/mol. The van der Waals surface area contributed by atoms with Crippen molar-refractivity contribution in [1.29, 1.82) is 0 Å². The molecule has 6 unspecified atom stereocenters. The van der Waals surface area contributed by atoms with Gasteiger partial charge in [0.05, 0.1) is 11.8 Å². The highest BCUT2D eigenvalue weighted by atomic mass is 16.5. The second-order valence-corrected chi connectivity index (χ2v) is 7.74. The minimum absolute atomic E-state index is 0.0715. The lowest BCUT2D eigenvalue weighted by Crippen LogP contribution is -2.50. The zero-order valence-electron chi connectivity index (χ0n) is 14.6. The van der Waals surface area contributed by atoms with Gasteiger partial charge in [0.2, 0.25) is 11.8 Å². The first-order chi connectivity index (χ1) is 11.1. The summed E-state index contributed by atoms with van der Waals surface area (Å²) in [7, 11) is 3.68. The minimum atomic E-state index is -0.0986. The molecule has 0 aromatic carbocycles. The number of imide groups is 1. The quantitative estimate of drug-likeness (QED) is 0.802. The smallest absolute Gasteiger partial charge is 0.233 e. The van der Waals surface area contributed by atoms with Gasteiger partial charge in [0.1, 0.15) is 0 Å². The molecule has 2 amide bonds. The number of fused-ring (bicyclic) bond motifs is 1. The number of nitrogens with one attached hydrogen (secondary N) is 1. The summed E-state index contributed by atoms with van der Waals surface area (Å²) in [4.78, 5) is 27.6. The molecular formula is C18H30N2O3. The number of amides is 2. The number of hydrogen-bond donors (Lipinski definition) is 1. The molecule has 3 fully saturated rings. The molecule has 23 heavy (non-hydrogen) atoms. The van der Waals surface area contributed by atoms with E-state index in [2.05, 4.69) is 12.2 Å². The van der Waals surface area contributed by atoms with Crippen LogP contribution in [0.25, 0.3) is 0 Å². The van der Waals surface area contributed by atoms with Crippen LogP contribution in [0.4, 0.5) is 0 Å². The average Bonchev–Trinajstić information content (AvgIpc) is 2.80. The first-order valence-electron chi connectivity index (χ1n) is 9.09. The van der Waals surface area contributed by atoms with Crippen LogP contribution in [0.3, 0.4) is 0 Å². The van der Waals surface area contributed by atoms with E-state index >= 15 is 0 Å². The van der Waals surface area contributed by atoms with Gasteiger partial charge in [0.25, 0.3) is 0 Å². The lowest BCUT2D eigenvalue weighted by Gasteiger charge is -2.39. The molecule has 0 aromatic rings. The summed E-state index contributed by atoms with van der Waals surface area (Å²) in [5, 5.41) is 3.33. The molecule has 5 nitrogen and oxygen atoms in total. The van der Waals surface area contributed by atoms with Crippen LogP contribution in [0, 0.1) is 23.7 Å². The third-order valence-corrected chi connectivity index (χ3v) is 6.36. The SMILES string of the molecule is CNC1CCC(C)C(N2C(=O)C3CCC(COC)CC3C2=O)C1. The molecule has 2 saturated carbocycles. The van der Waals surface area contributed by atoms with E-state index in [0.717, 1.165) is 38.5 Å². The molecule has 3 aliphatic rings. The Bertz CT molecular complexity index is 467. The van der Waals surface area contributed by atoms with E-state index in [4.69, 9.17) is 4.74 Å². The summed E-state index contributed by atoms with van der Waals surface area (Å²) in [5.74, 6) is 0.851. The van der Waals surface area contributed by atoms with E-state index in [1.165, 1.54) is 0 Å². The summed E-state index contributed by atoms with van der Waals surface area (Å²) < 4.78 is 5.26. The number of rotatable bonds is 4. The van der Waals surface area contributed by atoms with Crippen LogP contribution >= 0.6 is 0 Å². The zero-order chi connectivity index (χ0) is 16.6. The molecule has 3 rings (SSSR count). The third kappa shape index (κ3) is 3.05. The van der Waals surface area contributed by atoms with E-state index in [1.807, 2.05) is 7.05 Å². The predicted molar refractivity (Wildman–Crippen MR) is 87.7 cm³/mol. The number of likely N-dealkylation sites (tertiary alicyclic amines) is 1. The van der Waals surface area contributed by atoms with E-state index in [1.54, 1.807) is 12.0 Å². The van der Waals surface area contributed by atoms with Crippen LogP contribution in [0.5, 0.6) is 0 Å². The molecule has 130 valence electrons. The van der Waals surface area contributed by atoms with Crippen LogP contribution in [0.15, 0.2) is 0 Å². The van der Waals surface area contributed by atoms with Gasteiger partial charge >= 0.3 is 0 Å². The molecule has 0 radical (unpaired) electrons. The minimum Gasteiger partial charge on any atom is -0.384 e. The monoisotopic (exact) mass is 322 g/mol. The molecule has 1 aliphatic heterocycles. The molecular weight excluding hydrogens is 292 g/mol. The molecule has 2 aliphatic carbocycles. The highest BCUT2D eigenvalue weighted by Crippen LogP contribution is 2.43. The van der Waals surface area contributed by atoms with Crippen molar-refractivity contribution in [2.45, 2.75) is 57.5 Å². The van der Waals surface area contributed by atoms with E-state index in [-0.39, 0.29) is 29.7 Å². The summed E-state index contributed by atoms with van der Waals surface area (Å²) in [5.41, 5.74) is 0. The van der Waals surface area contributed by atoms with Crippen molar-refractivity contribution < 1.29 is 14.3 Å². The first-order valence-corrected chi connectivity index (χ1v) is 9.09. The molecule has 0 aromatic heterocycles. The molecule has 5 heteroatoms. The number of nitrogens with zero attached hydrogens (tertiary/aromatic N) is 1. The van der Waals surface area contributed by atoms with Crippen LogP contribution < -0.4 is 5.32 Å². The first kappa shape index (κ1) is 16.9. The zero-order valence-corrected chi connectivity index (χ0v) is 14.6. The summed E-state index contributed by atoms with van der Waals surface area (Å²) in [6.07, 6.45) is 5.77. The van der Waals surface area contributed by atoms with Crippen molar-refractivity contribution in [2.75, 3.05) is 20.8 Å². The van der Waals surface area contributed by atoms with E-state index in [9.17, 15) is 9.59 Å². The number of carbonyl (C=O) groups is 2. The molecule has 1 N–H and O–H groups in total. The Hall–Kier alpha value is -0.940. The summed E-state index contributed by atoms with van der Waals surface area (Å²) in [6.45, 7) is 2.89. The molecule has 1 heterocycles. The van der Waals surface area contributed by atoms with Gasteiger partial charge in [-0.25, -0.2) is 0 Å². The Morgan fingerprint density at radius 3 is 2.52 bits per heavy atom. The van der Waals surface area contributed by atoms with Crippen LogP contribution in [0.1, 0.15) is 45.4 Å². The van der Waals surface area contributed by atoms with Gasteiger partial charge in [0, 0.05) is 25.8 Å². The Morgan fingerprint density at radius 1 is 1.09 bits per heavy atom. The standard InChI is InChI=1S/C18H30N2O3/c1-11-4-6-13(19-2)9-16(11)20-17(21)14-7-5-12(10-23-3)8-15(14)18(20)22/h11-16,19H,4-10H2,1-3H3. The summed E-state index contributed by atoms with van der Waals surface area (Å²) >= 11 is 0. The highest BCUT2D eigenvalue weighted by molar-refractivity contribution is 6.05. The number of carbonyl (C=O) groups excluding carboxylic acids is 2. The maximum Gasteiger partial charge on any atom is 0.233 e. The second kappa shape index (κ2) is 6.89. The topological polar surface area (TPSA) is 58.6 Å². The molecule has 0 spiro atoms. The third-order valence-electron chi connectivity index (χ3n) is 6.36. The van der Waals surface area contributed by atoms with Crippen LogP contribution in [-0.4, -0.2) is 49.6 Å². The molecule has 1 saturated heterocycles. The van der Waals surface area contributed by atoms with Gasteiger partial charge < -0.3 is 10.1 Å².